The molecule has 17 heavy (non-hydrogen) atoms. The Morgan fingerprint density at radius 1 is 1.41 bits per heavy atom. The highest BCUT2D eigenvalue weighted by Crippen LogP contribution is 2.37. The first-order chi connectivity index (χ1) is 8.11. The fraction of sp³-hybridized carbons (Fsp3) is 0.667. The average Bonchev–Trinajstić information content (AvgIpc) is 2.69. The smallest absolute Gasteiger partial charge is 0.308 e. The number of carbonyl (C=O) groups is 1. The number of hydrogen-bond donors (Lipinski definition) is 0. The lowest BCUT2D eigenvalue weighted by Crippen LogP contribution is -2.22. The molecule has 0 spiro atoms. The van der Waals surface area contributed by atoms with E-state index < -0.39 is 0 Å². The van der Waals surface area contributed by atoms with Gasteiger partial charge in [-0.2, -0.15) is 0 Å². The summed E-state index contributed by atoms with van der Waals surface area (Å²) in [6, 6.07) is 0. The minimum Gasteiger partial charge on any atom is -0.469 e. The van der Waals surface area contributed by atoms with E-state index in [0.29, 0.717) is 11.1 Å². The predicted molar refractivity (Wildman–Crippen MR) is 63.0 cm³/mol. The standard InChI is InChI=1S/C12H16ClNO3/c1-7-10(13)17-11(14-7)8-3-5-9(6-4-8)12(15)16-2/h8-9H,3-6H2,1-2H3/t8-,9-. The molecule has 0 N–H and O–H groups in total. The number of ether oxygens (including phenoxy) is 1. The SMILES string of the molecule is COC(=O)[C@H]1CC[C@H](c2nc(C)c(Cl)o2)CC1. The molecule has 1 heterocycles. The second-order valence-electron chi connectivity index (χ2n) is 4.48. The fourth-order valence-corrected chi connectivity index (χ4v) is 2.44. The van der Waals surface area contributed by atoms with Crippen LogP contribution in [-0.2, 0) is 9.53 Å². The summed E-state index contributed by atoms with van der Waals surface area (Å²) in [5.41, 5.74) is 0.733. The molecule has 1 aliphatic carbocycles. The third-order valence-corrected chi connectivity index (χ3v) is 3.72. The van der Waals surface area contributed by atoms with E-state index in [1.165, 1.54) is 7.11 Å². The van der Waals surface area contributed by atoms with Crippen molar-refractivity contribution in [2.45, 2.75) is 38.5 Å². The van der Waals surface area contributed by atoms with Crippen molar-refractivity contribution in [2.75, 3.05) is 7.11 Å². The number of aromatic nitrogens is 1. The van der Waals surface area contributed by atoms with Crippen LogP contribution < -0.4 is 0 Å². The van der Waals surface area contributed by atoms with Gasteiger partial charge in [-0.25, -0.2) is 4.98 Å². The third-order valence-electron chi connectivity index (χ3n) is 3.37. The monoisotopic (exact) mass is 257 g/mol. The summed E-state index contributed by atoms with van der Waals surface area (Å²) >= 11 is 5.85. The molecule has 0 aliphatic heterocycles. The average molecular weight is 258 g/mol. The van der Waals surface area contributed by atoms with Crippen LogP contribution in [0.25, 0.3) is 0 Å². The van der Waals surface area contributed by atoms with E-state index in [1.807, 2.05) is 6.92 Å². The van der Waals surface area contributed by atoms with E-state index in [1.54, 1.807) is 0 Å². The molecule has 1 saturated carbocycles. The maximum absolute atomic E-state index is 11.4. The number of aryl methyl sites for hydroxylation is 1. The van der Waals surface area contributed by atoms with Gasteiger partial charge in [0.1, 0.15) is 0 Å². The van der Waals surface area contributed by atoms with Gasteiger partial charge in [0.25, 0.3) is 0 Å². The van der Waals surface area contributed by atoms with Crippen molar-refractivity contribution < 1.29 is 13.9 Å². The topological polar surface area (TPSA) is 52.3 Å². The Bertz CT molecular complexity index is 388. The first-order valence-corrected chi connectivity index (χ1v) is 6.20. The van der Waals surface area contributed by atoms with E-state index in [2.05, 4.69) is 4.98 Å². The summed E-state index contributed by atoms with van der Waals surface area (Å²) in [6.07, 6.45) is 3.46. The minimum atomic E-state index is -0.106. The molecular formula is C12H16ClNO3. The maximum Gasteiger partial charge on any atom is 0.308 e. The number of methoxy groups -OCH3 is 1. The van der Waals surface area contributed by atoms with Gasteiger partial charge in [0.2, 0.25) is 5.22 Å². The van der Waals surface area contributed by atoms with Gasteiger partial charge in [0, 0.05) is 5.92 Å². The summed E-state index contributed by atoms with van der Waals surface area (Å²) in [5, 5.41) is 0.370. The van der Waals surface area contributed by atoms with Crippen molar-refractivity contribution in [3.8, 4) is 0 Å². The van der Waals surface area contributed by atoms with Crippen LogP contribution in [0.15, 0.2) is 4.42 Å². The Morgan fingerprint density at radius 2 is 2.06 bits per heavy atom. The highest BCUT2D eigenvalue weighted by atomic mass is 35.5. The maximum atomic E-state index is 11.4. The number of hydrogen-bond acceptors (Lipinski definition) is 4. The molecule has 1 fully saturated rings. The van der Waals surface area contributed by atoms with Crippen LogP contribution in [0, 0.1) is 12.8 Å². The molecule has 0 amide bonds. The van der Waals surface area contributed by atoms with Crippen LogP contribution in [0.5, 0.6) is 0 Å². The number of carbonyl (C=O) groups excluding carboxylic acids is 1. The lowest BCUT2D eigenvalue weighted by atomic mass is 9.82. The molecule has 1 aromatic heterocycles. The zero-order valence-corrected chi connectivity index (χ0v) is 10.8. The molecular weight excluding hydrogens is 242 g/mol. The van der Waals surface area contributed by atoms with Crippen molar-refractivity contribution in [1.82, 2.24) is 4.98 Å². The molecule has 94 valence electrons. The molecule has 0 radical (unpaired) electrons. The second-order valence-corrected chi connectivity index (χ2v) is 4.83. The minimum absolute atomic E-state index is 0.0304. The van der Waals surface area contributed by atoms with Crippen LogP contribution in [-0.4, -0.2) is 18.1 Å². The summed E-state index contributed by atoms with van der Waals surface area (Å²) in [7, 11) is 1.44. The van der Waals surface area contributed by atoms with E-state index >= 15 is 0 Å². The molecule has 2 rings (SSSR count). The number of esters is 1. The Hall–Kier alpha value is -1.03. The highest BCUT2D eigenvalue weighted by Gasteiger charge is 2.30. The number of halogens is 1. The van der Waals surface area contributed by atoms with Crippen LogP contribution in [0.4, 0.5) is 0 Å². The van der Waals surface area contributed by atoms with Crippen molar-refractivity contribution >= 4 is 17.6 Å². The Kier molecular flexibility index (Phi) is 3.72. The third kappa shape index (κ3) is 2.63. The first-order valence-electron chi connectivity index (χ1n) is 5.82. The number of oxazole rings is 1. The van der Waals surface area contributed by atoms with E-state index in [9.17, 15) is 4.79 Å². The quantitative estimate of drug-likeness (QED) is 0.764. The van der Waals surface area contributed by atoms with Gasteiger partial charge in [-0.1, -0.05) is 0 Å². The van der Waals surface area contributed by atoms with Gasteiger partial charge in [-0.15, -0.1) is 0 Å². The summed E-state index contributed by atoms with van der Waals surface area (Å²) < 4.78 is 10.2. The first kappa shape index (κ1) is 12.4. The Morgan fingerprint density at radius 3 is 2.53 bits per heavy atom. The lowest BCUT2D eigenvalue weighted by molar-refractivity contribution is -0.146. The summed E-state index contributed by atoms with van der Waals surface area (Å²) in [4.78, 5) is 15.7. The Balaban J connectivity index is 1.97. The zero-order chi connectivity index (χ0) is 12.4. The molecule has 5 heteroatoms. The van der Waals surface area contributed by atoms with Gasteiger partial charge < -0.3 is 9.15 Å². The van der Waals surface area contributed by atoms with Crippen molar-refractivity contribution in [3.05, 3.63) is 16.8 Å². The van der Waals surface area contributed by atoms with E-state index in [-0.39, 0.29) is 17.8 Å². The molecule has 4 nitrogen and oxygen atoms in total. The molecule has 0 saturated heterocycles. The highest BCUT2D eigenvalue weighted by molar-refractivity contribution is 6.29. The van der Waals surface area contributed by atoms with Crippen LogP contribution in [0.1, 0.15) is 43.2 Å². The van der Waals surface area contributed by atoms with E-state index in [0.717, 1.165) is 31.4 Å². The lowest BCUT2D eigenvalue weighted by Gasteiger charge is -2.24. The largest absolute Gasteiger partial charge is 0.469 e. The molecule has 1 aliphatic rings. The summed E-state index contributed by atoms with van der Waals surface area (Å²) in [6.45, 7) is 1.83. The molecule has 0 aromatic carbocycles. The number of nitrogens with zero attached hydrogens (tertiary/aromatic N) is 1. The van der Waals surface area contributed by atoms with Crippen molar-refractivity contribution in [1.29, 1.82) is 0 Å². The Labute approximate surface area is 105 Å². The van der Waals surface area contributed by atoms with E-state index in [4.69, 9.17) is 20.8 Å². The molecule has 0 atom stereocenters. The van der Waals surface area contributed by atoms with Gasteiger partial charge >= 0.3 is 5.97 Å². The second kappa shape index (κ2) is 5.08. The van der Waals surface area contributed by atoms with Gasteiger partial charge in [0.05, 0.1) is 18.7 Å². The summed E-state index contributed by atoms with van der Waals surface area (Å²) in [5.74, 6) is 0.908. The predicted octanol–water partition coefficient (Wildman–Crippen LogP) is 3.08. The van der Waals surface area contributed by atoms with Crippen LogP contribution >= 0.6 is 11.6 Å². The van der Waals surface area contributed by atoms with Crippen LogP contribution in [0.2, 0.25) is 5.22 Å². The molecule has 1 aromatic rings. The van der Waals surface area contributed by atoms with Crippen molar-refractivity contribution in [3.63, 3.8) is 0 Å². The molecule has 0 unspecified atom stereocenters. The zero-order valence-electron chi connectivity index (χ0n) is 10.0. The number of rotatable bonds is 2. The van der Waals surface area contributed by atoms with Gasteiger partial charge in [-0.3, -0.25) is 4.79 Å². The van der Waals surface area contributed by atoms with Gasteiger partial charge in [0.15, 0.2) is 5.89 Å². The fourth-order valence-electron chi connectivity index (χ4n) is 2.32. The van der Waals surface area contributed by atoms with Gasteiger partial charge in [-0.05, 0) is 44.2 Å². The van der Waals surface area contributed by atoms with Crippen LogP contribution in [0.3, 0.4) is 0 Å². The normalized spacial score (nSPS) is 24.6. The van der Waals surface area contributed by atoms with Crippen molar-refractivity contribution in [2.24, 2.45) is 5.92 Å². The molecule has 0 bridgehead atoms.